The van der Waals surface area contributed by atoms with Gasteiger partial charge in [0.2, 0.25) is 0 Å². The first-order chi connectivity index (χ1) is 6.70. The zero-order valence-electron chi connectivity index (χ0n) is 8.93. The molecule has 0 aliphatic heterocycles. The summed E-state index contributed by atoms with van der Waals surface area (Å²) < 4.78 is 5.32. The van der Waals surface area contributed by atoms with Gasteiger partial charge in [0.15, 0.2) is 0 Å². The van der Waals surface area contributed by atoms with Gasteiger partial charge >= 0.3 is 0 Å². The van der Waals surface area contributed by atoms with Gasteiger partial charge in [0.05, 0.1) is 7.11 Å². The van der Waals surface area contributed by atoms with Gasteiger partial charge in [-0.2, -0.15) is 0 Å². The summed E-state index contributed by atoms with van der Waals surface area (Å²) in [7, 11) is 1.70. The van der Waals surface area contributed by atoms with Crippen LogP contribution in [0.4, 0.5) is 0 Å². The van der Waals surface area contributed by atoms with Crippen LogP contribution in [0.25, 0.3) is 0 Å². The van der Waals surface area contributed by atoms with Gasteiger partial charge in [0.1, 0.15) is 5.75 Å². The molecular weight excluding hydrogens is 198 g/mol. The lowest BCUT2D eigenvalue weighted by molar-refractivity contribution is 0.407. The molecule has 1 aromatic rings. The van der Waals surface area contributed by atoms with E-state index in [1.54, 1.807) is 7.11 Å². The molecule has 78 valence electrons. The van der Waals surface area contributed by atoms with Crippen molar-refractivity contribution in [2.75, 3.05) is 13.0 Å². The number of alkyl halides is 1. The molecule has 0 bridgehead atoms. The third-order valence-electron chi connectivity index (χ3n) is 2.30. The molecule has 1 heterocycles. The van der Waals surface area contributed by atoms with E-state index in [-0.39, 0.29) is 0 Å². The van der Waals surface area contributed by atoms with Crippen LogP contribution >= 0.6 is 11.6 Å². The van der Waals surface area contributed by atoms with Crippen molar-refractivity contribution in [1.29, 1.82) is 0 Å². The van der Waals surface area contributed by atoms with Crippen molar-refractivity contribution in [3.63, 3.8) is 0 Å². The lowest BCUT2D eigenvalue weighted by Gasteiger charge is -2.11. The molecule has 0 amide bonds. The first-order valence-electron chi connectivity index (χ1n) is 4.75. The maximum Gasteiger partial charge on any atom is 0.128 e. The van der Waals surface area contributed by atoms with Crippen molar-refractivity contribution >= 4 is 11.6 Å². The number of hydrogen-bond acceptors (Lipinski definition) is 2. The van der Waals surface area contributed by atoms with Gasteiger partial charge in [-0.3, -0.25) is 4.98 Å². The Morgan fingerprint density at radius 2 is 2.14 bits per heavy atom. The number of halogens is 1. The monoisotopic (exact) mass is 213 g/mol. The first-order valence-corrected chi connectivity index (χ1v) is 5.29. The second-order valence-electron chi connectivity index (χ2n) is 3.34. The van der Waals surface area contributed by atoms with E-state index in [4.69, 9.17) is 16.3 Å². The van der Waals surface area contributed by atoms with Gasteiger partial charge < -0.3 is 4.74 Å². The highest BCUT2D eigenvalue weighted by Crippen LogP contribution is 2.24. The number of rotatable bonds is 4. The summed E-state index contributed by atoms with van der Waals surface area (Å²) in [6.07, 6.45) is 3.74. The fraction of sp³-hybridized carbons (Fsp3) is 0.545. The van der Waals surface area contributed by atoms with E-state index in [1.165, 1.54) is 0 Å². The second kappa shape index (κ2) is 5.20. The summed E-state index contributed by atoms with van der Waals surface area (Å²) in [5.41, 5.74) is 3.31. The standard InChI is InChI=1S/C11H16ClNO/c1-8-7-13-10(5-4-6-12)9(2)11(8)14-3/h7H,4-6H2,1-3H3. The zero-order chi connectivity index (χ0) is 10.6. The first kappa shape index (κ1) is 11.3. The number of aromatic nitrogens is 1. The minimum Gasteiger partial charge on any atom is -0.496 e. The molecule has 2 nitrogen and oxygen atoms in total. The Kier molecular flexibility index (Phi) is 4.21. The Morgan fingerprint density at radius 3 is 2.71 bits per heavy atom. The van der Waals surface area contributed by atoms with Crippen LogP contribution < -0.4 is 4.74 Å². The largest absolute Gasteiger partial charge is 0.496 e. The molecule has 0 spiro atoms. The molecule has 1 aromatic heterocycles. The Morgan fingerprint density at radius 1 is 1.43 bits per heavy atom. The van der Waals surface area contributed by atoms with E-state index in [0.717, 1.165) is 35.4 Å². The van der Waals surface area contributed by atoms with E-state index < -0.39 is 0 Å². The number of nitrogens with zero attached hydrogens (tertiary/aromatic N) is 1. The van der Waals surface area contributed by atoms with E-state index in [0.29, 0.717) is 5.88 Å². The normalized spacial score (nSPS) is 10.3. The number of hydrogen-bond donors (Lipinski definition) is 0. The lowest BCUT2D eigenvalue weighted by Crippen LogP contribution is -2.00. The van der Waals surface area contributed by atoms with E-state index in [9.17, 15) is 0 Å². The highest BCUT2D eigenvalue weighted by Gasteiger charge is 2.08. The van der Waals surface area contributed by atoms with E-state index >= 15 is 0 Å². The van der Waals surface area contributed by atoms with Gasteiger partial charge in [-0.1, -0.05) is 0 Å². The smallest absolute Gasteiger partial charge is 0.128 e. The molecular formula is C11H16ClNO. The minimum atomic E-state index is 0.678. The maximum atomic E-state index is 5.65. The summed E-state index contributed by atoms with van der Waals surface area (Å²) in [5.74, 6) is 1.63. The summed E-state index contributed by atoms with van der Waals surface area (Å²) in [6, 6.07) is 0. The highest BCUT2D eigenvalue weighted by molar-refractivity contribution is 6.17. The predicted octanol–water partition coefficient (Wildman–Crippen LogP) is 2.88. The van der Waals surface area contributed by atoms with Crippen LogP contribution in [0.2, 0.25) is 0 Å². The predicted molar refractivity (Wildman–Crippen MR) is 59.3 cm³/mol. The zero-order valence-corrected chi connectivity index (χ0v) is 9.69. The molecule has 0 N–H and O–H groups in total. The number of ether oxygens (including phenoxy) is 1. The molecule has 1 rings (SSSR count). The average Bonchev–Trinajstić information content (AvgIpc) is 2.18. The van der Waals surface area contributed by atoms with Gasteiger partial charge in [-0.05, 0) is 26.7 Å². The summed E-state index contributed by atoms with van der Waals surface area (Å²) in [4.78, 5) is 4.39. The fourth-order valence-electron chi connectivity index (χ4n) is 1.56. The second-order valence-corrected chi connectivity index (χ2v) is 3.72. The van der Waals surface area contributed by atoms with Crippen LogP contribution in [-0.4, -0.2) is 18.0 Å². The molecule has 0 atom stereocenters. The molecule has 0 fully saturated rings. The number of pyridine rings is 1. The van der Waals surface area contributed by atoms with Crippen molar-refractivity contribution in [3.05, 3.63) is 23.0 Å². The van der Waals surface area contributed by atoms with Crippen LogP contribution in [0.15, 0.2) is 6.20 Å². The fourth-order valence-corrected chi connectivity index (χ4v) is 1.69. The van der Waals surface area contributed by atoms with Crippen molar-refractivity contribution in [2.45, 2.75) is 26.7 Å². The van der Waals surface area contributed by atoms with E-state index in [1.807, 2.05) is 20.0 Å². The summed E-state index contributed by atoms with van der Waals surface area (Å²) in [6.45, 7) is 4.05. The van der Waals surface area contributed by atoms with Gasteiger partial charge in [-0.25, -0.2) is 0 Å². The SMILES string of the molecule is COc1c(C)cnc(CCCCl)c1C. The summed E-state index contributed by atoms with van der Waals surface area (Å²) in [5, 5.41) is 0. The van der Waals surface area contributed by atoms with Crippen molar-refractivity contribution in [1.82, 2.24) is 4.98 Å². The molecule has 0 radical (unpaired) electrons. The van der Waals surface area contributed by atoms with Crippen molar-refractivity contribution in [2.24, 2.45) is 0 Å². The van der Waals surface area contributed by atoms with E-state index in [2.05, 4.69) is 4.98 Å². The van der Waals surface area contributed by atoms with Gasteiger partial charge in [0.25, 0.3) is 0 Å². The molecule has 0 aromatic carbocycles. The minimum absolute atomic E-state index is 0.678. The Hall–Kier alpha value is -0.760. The topological polar surface area (TPSA) is 22.1 Å². The Balaban J connectivity index is 2.96. The molecule has 3 heteroatoms. The van der Waals surface area contributed by atoms with Crippen LogP contribution in [0.1, 0.15) is 23.2 Å². The summed E-state index contributed by atoms with van der Waals surface area (Å²) >= 11 is 5.65. The third-order valence-corrected chi connectivity index (χ3v) is 2.56. The van der Waals surface area contributed by atoms with Gasteiger partial charge in [0, 0.05) is 28.9 Å². The van der Waals surface area contributed by atoms with Crippen LogP contribution in [0.5, 0.6) is 5.75 Å². The van der Waals surface area contributed by atoms with Crippen LogP contribution in [0.3, 0.4) is 0 Å². The maximum absolute atomic E-state index is 5.65. The molecule has 0 aliphatic carbocycles. The Bertz CT molecular complexity index is 312. The molecule has 0 unspecified atom stereocenters. The third kappa shape index (κ3) is 2.38. The average molecular weight is 214 g/mol. The molecule has 14 heavy (non-hydrogen) atoms. The number of methoxy groups -OCH3 is 1. The van der Waals surface area contributed by atoms with Crippen molar-refractivity contribution < 1.29 is 4.74 Å². The van der Waals surface area contributed by atoms with Crippen LogP contribution in [-0.2, 0) is 6.42 Å². The van der Waals surface area contributed by atoms with Crippen molar-refractivity contribution in [3.8, 4) is 5.75 Å². The molecule has 0 saturated heterocycles. The lowest BCUT2D eigenvalue weighted by atomic mass is 10.1. The van der Waals surface area contributed by atoms with Gasteiger partial charge in [-0.15, -0.1) is 11.6 Å². The Labute approximate surface area is 90.3 Å². The van der Waals surface area contributed by atoms with Crippen LogP contribution in [0, 0.1) is 13.8 Å². The quantitative estimate of drug-likeness (QED) is 0.718. The molecule has 0 saturated carbocycles. The highest BCUT2D eigenvalue weighted by atomic mass is 35.5. The number of aryl methyl sites for hydroxylation is 2. The molecule has 0 aliphatic rings.